The van der Waals surface area contributed by atoms with E-state index >= 15 is 0 Å². The molecule has 2 aromatic rings. The summed E-state index contributed by atoms with van der Waals surface area (Å²) in [6.45, 7) is 6.01. The van der Waals surface area contributed by atoms with Gasteiger partial charge in [0.25, 0.3) is 0 Å². The van der Waals surface area contributed by atoms with Crippen molar-refractivity contribution in [2.45, 2.75) is 26.9 Å². The van der Waals surface area contributed by atoms with E-state index in [0.717, 1.165) is 18.7 Å². The molecule has 0 amide bonds. The van der Waals surface area contributed by atoms with E-state index in [2.05, 4.69) is 62.2 Å². The summed E-state index contributed by atoms with van der Waals surface area (Å²) in [7, 11) is 2.12. The Morgan fingerprint density at radius 3 is 2.50 bits per heavy atom. The molecule has 0 N–H and O–H groups in total. The number of aryl methyl sites for hydroxylation is 2. The first kappa shape index (κ1) is 14.3. The SMILES string of the molecule is Cc1cccc(CN(C)Cc2ccc(C#N)cc2C)c1. The van der Waals surface area contributed by atoms with Gasteiger partial charge in [-0.2, -0.15) is 5.26 Å². The Bertz CT molecular complexity index is 638. The van der Waals surface area contributed by atoms with Gasteiger partial charge in [-0.25, -0.2) is 0 Å². The molecule has 2 rings (SSSR count). The van der Waals surface area contributed by atoms with Crippen molar-refractivity contribution in [1.29, 1.82) is 5.26 Å². The first-order valence-corrected chi connectivity index (χ1v) is 6.82. The maximum absolute atomic E-state index is 8.90. The Hall–Kier alpha value is -2.11. The van der Waals surface area contributed by atoms with Crippen LogP contribution in [0, 0.1) is 25.2 Å². The molecule has 0 atom stereocenters. The van der Waals surface area contributed by atoms with Crippen molar-refractivity contribution in [3.05, 3.63) is 70.3 Å². The number of hydrogen-bond acceptors (Lipinski definition) is 2. The molecule has 0 saturated heterocycles. The van der Waals surface area contributed by atoms with Crippen LogP contribution >= 0.6 is 0 Å². The van der Waals surface area contributed by atoms with Gasteiger partial charge >= 0.3 is 0 Å². The summed E-state index contributed by atoms with van der Waals surface area (Å²) >= 11 is 0. The second kappa shape index (κ2) is 6.36. The molecule has 20 heavy (non-hydrogen) atoms. The lowest BCUT2D eigenvalue weighted by Gasteiger charge is -2.18. The Morgan fingerprint density at radius 1 is 1.05 bits per heavy atom. The maximum Gasteiger partial charge on any atom is 0.0991 e. The fourth-order valence-electron chi connectivity index (χ4n) is 2.41. The van der Waals surface area contributed by atoms with Crippen molar-refractivity contribution >= 4 is 0 Å². The standard InChI is InChI=1S/C18H20N2/c1-14-5-4-6-17(9-14)12-20(3)13-18-8-7-16(11-19)10-15(18)2/h4-10H,12-13H2,1-3H3. The summed E-state index contributed by atoms with van der Waals surface area (Å²) < 4.78 is 0. The molecule has 2 aromatic carbocycles. The molecular weight excluding hydrogens is 244 g/mol. The summed E-state index contributed by atoms with van der Waals surface area (Å²) in [5, 5.41) is 8.90. The zero-order valence-electron chi connectivity index (χ0n) is 12.4. The minimum atomic E-state index is 0.729. The predicted octanol–water partition coefficient (Wildman–Crippen LogP) is 3.81. The molecule has 0 unspecified atom stereocenters. The number of benzene rings is 2. The van der Waals surface area contributed by atoms with Crippen LogP contribution in [0.1, 0.15) is 27.8 Å². The van der Waals surface area contributed by atoms with Crippen molar-refractivity contribution in [2.75, 3.05) is 7.05 Å². The topological polar surface area (TPSA) is 27.0 Å². The van der Waals surface area contributed by atoms with Gasteiger partial charge in [0.05, 0.1) is 11.6 Å². The highest BCUT2D eigenvalue weighted by atomic mass is 15.1. The van der Waals surface area contributed by atoms with E-state index in [4.69, 9.17) is 5.26 Å². The van der Waals surface area contributed by atoms with Crippen LogP contribution in [0.25, 0.3) is 0 Å². The molecular formula is C18H20N2. The van der Waals surface area contributed by atoms with Gasteiger partial charge < -0.3 is 0 Å². The lowest BCUT2D eigenvalue weighted by Crippen LogP contribution is -2.17. The number of nitriles is 1. The van der Waals surface area contributed by atoms with Crippen LogP contribution in [-0.4, -0.2) is 11.9 Å². The second-order valence-electron chi connectivity index (χ2n) is 5.41. The third-order valence-corrected chi connectivity index (χ3v) is 3.45. The third-order valence-electron chi connectivity index (χ3n) is 3.45. The van der Waals surface area contributed by atoms with Crippen LogP contribution in [0.15, 0.2) is 42.5 Å². The Morgan fingerprint density at radius 2 is 1.85 bits per heavy atom. The van der Waals surface area contributed by atoms with Crippen molar-refractivity contribution in [3.63, 3.8) is 0 Å². The van der Waals surface area contributed by atoms with Crippen LogP contribution in [-0.2, 0) is 13.1 Å². The van der Waals surface area contributed by atoms with Crippen LogP contribution in [0.5, 0.6) is 0 Å². The second-order valence-corrected chi connectivity index (χ2v) is 5.41. The third kappa shape index (κ3) is 3.69. The maximum atomic E-state index is 8.90. The average Bonchev–Trinajstić information content (AvgIpc) is 2.41. The highest BCUT2D eigenvalue weighted by Crippen LogP contribution is 2.14. The van der Waals surface area contributed by atoms with Gasteiger partial charge in [0.2, 0.25) is 0 Å². The fourth-order valence-corrected chi connectivity index (χ4v) is 2.41. The van der Waals surface area contributed by atoms with Crippen molar-refractivity contribution in [3.8, 4) is 6.07 Å². The Kier molecular flexibility index (Phi) is 4.55. The van der Waals surface area contributed by atoms with Gasteiger partial charge in [-0.15, -0.1) is 0 Å². The summed E-state index contributed by atoms with van der Waals surface area (Å²) in [6.07, 6.45) is 0. The molecule has 0 aliphatic rings. The molecule has 2 nitrogen and oxygen atoms in total. The molecule has 0 aromatic heterocycles. The van der Waals surface area contributed by atoms with E-state index in [-0.39, 0.29) is 0 Å². The van der Waals surface area contributed by atoms with Crippen molar-refractivity contribution in [2.24, 2.45) is 0 Å². The van der Waals surface area contributed by atoms with E-state index in [1.54, 1.807) is 0 Å². The van der Waals surface area contributed by atoms with Gasteiger partial charge in [-0.3, -0.25) is 4.90 Å². The molecule has 0 radical (unpaired) electrons. The van der Waals surface area contributed by atoms with Gasteiger partial charge in [0, 0.05) is 13.1 Å². The molecule has 0 bridgehead atoms. The van der Waals surface area contributed by atoms with Gasteiger partial charge in [-0.05, 0) is 49.7 Å². The highest BCUT2D eigenvalue weighted by Gasteiger charge is 2.05. The van der Waals surface area contributed by atoms with Crippen molar-refractivity contribution in [1.82, 2.24) is 4.90 Å². The molecule has 0 fully saturated rings. The normalized spacial score (nSPS) is 10.6. The van der Waals surface area contributed by atoms with Crippen molar-refractivity contribution < 1.29 is 0 Å². The minimum Gasteiger partial charge on any atom is -0.298 e. The zero-order chi connectivity index (χ0) is 14.5. The molecule has 0 aliphatic carbocycles. The quantitative estimate of drug-likeness (QED) is 0.839. The fraction of sp³-hybridized carbons (Fsp3) is 0.278. The molecule has 0 saturated carbocycles. The van der Waals surface area contributed by atoms with Crippen LogP contribution in [0.2, 0.25) is 0 Å². The minimum absolute atomic E-state index is 0.729. The molecule has 0 heterocycles. The first-order chi connectivity index (χ1) is 9.58. The number of nitrogens with zero attached hydrogens (tertiary/aromatic N) is 2. The molecule has 0 spiro atoms. The number of hydrogen-bond donors (Lipinski definition) is 0. The van der Waals surface area contributed by atoms with E-state index in [0.29, 0.717) is 0 Å². The summed E-state index contributed by atoms with van der Waals surface area (Å²) in [6, 6.07) is 16.7. The zero-order valence-corrected chi connectivity index (χ0v) is 12.4. The van der Waals surface area contributed by atoms with E-state index in [1.807, 2.05) is 12.1 Å². The largest absolute Gasteiger partial charge is 0.298 e. The first-order valence-electron chi connectivity index (χ1n) is 6.82. The van der Waals surface area contributed by atoms with Crippen LogP contribution in [0.4, 0.5) is 0 Å². The molecule has 0 aliphatic heterocycles. The van der Waals surface area contributed by atoms with Gasteiger partial charge in [0.15, 0.2) is 0 Å². The molecule has 2 heteroatoms. The van der Waals surface area contributed by atoms with E-state index in [1.165, 1.54) is 22.3 Å². The highest BCUT2D eigenvalue weighted by molar-refractivity contribution is 5.37. The monoisotopic (exact) mass is 264 g/mol. The predicted molar refractivity (Wildman–Crippen MR) is 82.2 cm³/mol. The average molecular weight is 264 g/mol. The van der Waals surface area contributed by atoms with Crippen LogP contribution < -0.4 is 0 Å². The smallest absolute Gasteiger partial charge is 0.0991 e. The summed E-state index contributed by atoms with van der Waals surface area (Å²) in [5.74, 6) is 0. The summed E-state index contributed by atoms with van der Waals surface area (Å²) in [4.78, 5) is 2.29. The Balaban J connectivity index is 2.05. The lowest BCUT2D eigenvalue weighted by atomic mass is 10.0. The summed E-state index contributed by atoms with van der Waals surface area (Å²) in [5.41, 5.74) is 5.82. The molecule has 102 valence electrons. The van der Waals surface area contributed by atoms with Gasteiger partial charge in [0.1, 0.15) is 0 Å². The lowest BCUT2D eigenvalue weighted by molar-refractivity contribution is 0.318. The van der Waals surface area contributed by atoms with E-state index < -0.39 is 0 Å². The Labute approximate surface area is 121 Å². The van der Waals surface area contributed by atoms with Crippen LogP contribution in [0.3, 0.4) is 0 Å². The van der Waals surface area contributed by atoms with Gasteiger partial charge in [-0.1, -0.05) is 35.9 Å². The van der Waals surface area contributed by atoms with E-state index in [9.17, 15) is 0 Å². The number of rotatable bonds is 4.